The highest BCUT2D eigenvalue weighted by molar-refractivity contribution is 7.82. The van der Waals surface area contributed by atoms with Crippen LogP contribution in [0.25, 0.3) is 0 Å². The summed E-state index contributed by atoms with van der Waals surface area (Å²) in [6.45, 7) is 0.849. The van der Waals surface area contributed by atoms with Gasteiger partial charge in [0.25, 0.3) is 0 Å². The Hall–Kier alpha value is 0.700. The largest absolute Gasteiger partial charge is 0.285 e. The normalized spacial score (nSPS) is 29.5. The van der Waals surface area contributed by atoms with Crippen LogP contribution < -0.4 is 0 Å². The summed E-state index contributed by atoms with van der Waals surface area (Å²) < 4.78 is 1.58. The van der Waals surface area contributed by atoms with Gasteiger partial charge >= 0.3 is 0 Å². The highest BCUT2D eigenvalue weighted by Crippen LogP contribution is 2.25. The van der Waals surface area contributed by atoms with Crippen LogP contribution in [0.5, 0.6) is 0 Å². The zero-order chi connectivity index (χ0) is 4.41. The fraction of sp³-hybridized carbons (Fsp3) is 1.00. The molecule has 0 aromatic heterocycles. The summed E-state index contributed by atoms with van der Waals surface area (Å²) in [5.74, 6) is 0. The number of nitrogens with zero attached hydrogens (tertiary/aromatic N) is 1. The summed E-state index contributed by atoms with van der Waals surface area (Å²) in [4.78, 5) is 4.86. The molecule has 2 nitrogen and oxygen atoms in total. The van der Waals surface area contributed by atoms with Crippen molar-refractivity contribution < 1.29 is 4.84 Å². The van der Waals surface area contributed by atoms with Crippen LogP contribution in [0.2, 0.25) is 0 Å². The number of hydrogen-bond acceptors (Lipinski definition) is 3. The Morgan fingerprint density at radius 1 is 1.83 bits per heavy atom. The smallest absolute Gasteiger partial charge is 0.0749 e. The molecule has 4 heteroatoms. The van der Waals surface area contributed by atoms with Gasteiger partial charge in [-0.25, -0.2) is 0 Å². The third-order valence-corrected chi connectivity index (χ3v) is 1.93. The van der Waals surface area contributed by atoms with E-state index < -0.39 is 0 Å². The van der Waals surface area contributed by atoms with Gasteiger partial charge in [-0.3, -0.25) is 4.84 Å². The lowest BCUT2D eigenvalue weighted by Gasteiger charge is -1.98. The highest BCUT2D eigenvalue weighted by atomic mass is 32.1. The van der Waals surface area contributed by atoms with Crippen molar-refractivity contribution in [2.45, 2.75) is 0 Å². The maximum absolute atomic E-state index is 4.86. The second-order valence-electron chi connectivity index (χ2n) is 1.01. The monoisotopic (exact) mass is 123 g/mol. The predicted octanol–water partition coefficient (Wildman–Crippen LogP) is 0.672. The molecule has 6 heavy (non-hydrogen) atoms. The number of thiol groups is 1. The molecule has 0 aliphatic carbocycles. The van der Waals surface area contributed by atoms with E-state index in [-0.39, 0.29) is 0 Å². The summed E-state index contributed by atoms with van der Waals surface area (Å²) in [7, 11) is 0.758. The van der Waals surface area contributed by atoms with E-state index in [2.05, 4.69) is 12.8 Å². The maximum Gasteiger partial charge on any atom is 0.0749 e. The minimum absolute atomic E-state index is 0.758. The summed E-state index contributed by atoms with van der Waals surface area (Å²) in [5.41, 5.74) is 0. The first-order valence-electron chi connectivity index (χ1n) is 1.75. The zero-order valence-electron chi connectivity index (χ0n) is 3.22. The summed E-state index contributed by atoms with van der Waals surface area (Å²) in [6.07, 6.45) is 1.14. The lowest BCUT2D eigenvalue weighted by atomic mass is 10.9. The Kier molecular flexibility index (Phi) is 1.72. The summed E-state index contributed by atoms with van der Waals surface area (Å²) in [6, 6.07) is 0. The third-order valence-electron chi connectivity index (χ3n) is 0.563. The molecule has 1 atom stereocenters. The molecule has 0 aromatic carbocycles. The molecule has 1 aliphatic heterocycles. The first-order chi connectivity index (χ1) is 2.89. The van der Waals surface area contributed by atoms with Gasteiger partial charge in [-0.1, -0.05) is 12.8 Å². The van der Waals surface area contributed by atoms with Crippen molar-refractivity contribution in [3.63, 3.8) is 0 Å². The first kappa shape index (κ1) is 4.85. The van der Waals surface area contributed by atoms with E-state index in [4.69, 9.17) is 4.84 Å². The molecule has 36 valence electrons. The Balaban J connectivity index is 2.18. The Labute approximate surface area is 44.2 Å². The minimum atomic E-state index is 0.758. The van der Waals surface area contributed by atoms with Crippen molar-refractivity contribution in [1.82, 2.24) is 4.24 Å². The SMILES string of the molecule is SN1OCCP1. The fourth-order valence-electron chi connectivity index (χ4n) is 0.319. The molecule has 1 aliphatic rings. The average molecular weight is 123 g/mol. The van der Waals surface area contributed by atoms with Gasteiger partial charge in [0.05, 0.1) is 6.61 Å². The highest BCUT2D eigenvalue weighted by Gasteiger charge is 2.05. The van der Waals surface area contributed by atoms with Crippen molar-refractivity contribution in [2.24, 2.45) is 0 Å². The van der Waals surface area contributed by atoms with Gasteiger partial charge in [0, 0.05) is 6.16 Å². The van der Waals surface area contributed by atoms with Gasteiger partial charge in [-0.05, 0) is 8.73 Å². The summed E-state index contributed by atoms with van der Waals surface area (Å²) >= 11 is 3.92. The van der Waals surface area contributed by atoms with Gasteiger partial charge < -0.3 is 0 Å². The molecule has 0 bridgehead atoms. The standard InChI is InChI=1S/C2H6NOPS/c6-3-4-1-2-5-3/h5-6H,1-2H2. The second kappa shape index (κ2) is 2.12. The molecule has 0 aromatic rings. The fourth-order valence-corrected chi connectivity index (χ4v) is 1.26. The zero-order valence-corrected chi connectivity index (χ0v) is 5.11. The molecule has 1 heterocycles. The first-order valence-corrected chi connectivity index (χ1v) is 3.30. The van der Waals surface area contributed by atoms with Gasteiger partial charge in [0.1, 0.15) is 0 Å². The van der Waals surface area contributed by atoms with E-state index in [0.717, 1.165) is 21.5 Å². The summed E-state index contributed by atoms with van der Waals surface area (Å²) in [5, 5.41) is 0. The number of rotatable bonds is 0. The quantitative estimate of drug-likeness (QED) is 0.375. The number of hydrogen-bond donors (Lipinski definition) is 1. The third kappa shape index (κ3) is 1.09. The van der Waals surface area contributed by atoms with Crippen LogP contribution >= 0.6 is 21.5 Å². The molecule has 0 spiro atoms. The van der Waals surface area contributed by atoms with Crippen molar-refractivity contribution in [1.29, 1.82) is 0 Å². The molecule has 1 unspecified atom stereocenters. The van der Waals surface area contributed by atoms with Crippen LogP contribution in [0.1, 0.15) is 0 Å². The molecule has 0 N–H and O–H groups in total. The molecule has 0 amide bonds. The van der Waals surface area contributed by atoms with E-state index in [0.29, 0.717) is 0 Å². The van der Waals surface area contributed by atoms with E-state index in [1.165, 1.54) is 0 Å². The van der Waals surface area contributed by atoms with Crippen LogP contribution in [0, 0.1) is 0 Å². The van der Waals surface area contributed by atoms with Crippen molar-refractivity contribution >= 4 is 21.5 Å². The van der Waals surface area contributed by atoms with E-state index in [9.17, 15) is 0 Å². The predicted molar refractivity (Wildman–Crippen MR) is 30.0 cm³/mol. The van der Waals surface area contributed by atoms with Crippen molar-refractivity contribution in [3.05, 3.63) is 0 Å². The molecule has 0 radical (unpaired) electrons. The van der Waals surface area contributed by atoms with E-state index in [1.807, 2.05) is 0 Å². The van der Waals surface area contributed by atoms with Crippen LogP contribution in [0.3, 0.4) is 0 Å². The van der Waals surface area contributed by atoms with Gasteiger partial charge in [-0.15, -0.1) is 4.24 Å². The molecular formula is C2H6NOPS. The Morgan fingerprint density at radius 3 is 2.83 bits per heavy atom. The average Bonchev–Trinajstić information content (AvgIpc) is 1.86. The van der Waals surface area contributed by atoms with Crippen LogP contribution in [-0.2, 0) is 4.84 Å². The van der Waals surface area contributed by atoms with Crippen LogP contribution in [-0.4, -0.2) is 17.0 Å². The van der Waals surface area contributed by atoms with Crippen LogP contribution in [0.15, 0.2) is 0 Å². The maximum atomic E-state index is 4.86. The van der Waals surface area contributed by atoms with E-state index >= 15 is 0 Å². The molecule has 1 fully saturated rings. The Bertz CT molecular complexity index is 46.8. The molecule has 0 saturated carbocycles. The van der Waals surface area contributed by atoms with Crippen molar-refractivity contribution in [3.8, 4) is 0 Å². The minimum Gasteiger partial charge on any atom is -0.285 e. The molecule has 1 rings (SSSR count). The van der Waals surface area contributed by atoms with Crippen LogP contribution in [0.4, 0.5) is 0 Å². The molecule has 1 saturated heterocycles. The second-order valence-corrected chi connectivity index (χ2v) is 2.98. The lowest BCUT2D eigenvalue weighted by molar-refractivity contribution is 0.0312. The Morgan fingerprint density at radius 2 is 2.67 bits per heavy atom. The van der Waals surface area contributed by atoms with E-state index in [1.54, 1.807) is 4.24 Å². The van der Waals surface area contributed by atoms with Gasteiger partial charge in [0.15, 0.2) is 0 Å². The van der Waals surface area contributed by atoms with Crippen molar-refractivity contribution in [2.75, 3.05) is 12.8 Å². The topological polar surface area (TPSA) is 12.5 Å². The lowest BCUT2D eigenvalue weighted by Crippen LogP contribution is -1.90. The van der Waals surface area contributed by atoms with Gasteiger partial charge in [-0.2, -0.15) is 0 Å². The van der Waals surface area contributed by atoms with Gasteiger partial charge in [0.2, 0.25) is 0 Å². The molecular weight excluding hydrogens is 117 g/mol.